The van der Waals surface area contributed by atoms with Crippen molar-refractivity contribution in [3.63, 3.8) is 0 Å². The fourth-order valence-electron chi connectivity index (χ4n) is 2.62. The largest absolute Gasteiger partial charge is 0.353 e. The van der Waals surface area contributed by atoms with Gasteiger partial charge in [0.2, 0.25) is 5.91 Å². The molecule has 1 fully saturated rings. The van der Waals surface area contributed by atoms with Gasteiger partial charge < -0.3 is 11.1 Å². The predicted octanol–water partition coefficient (Wildman–Crippen LogP) is 1.66. The van der Waals surface area contributed by atoms with E-state index >= 15 is 0 Å². The summed E-state index contributed by atoms with van der Waals surface area (Å²) in [4.78, 5) is 14.2. The first-order valence-corrected chi connectivity index (χ1v) is 7.26. The molecular formula is C14H20BrN3O. The lowest BCUT2D eigenvalue weighted by molar-refractivity contribution is -0.137. The number of benzene rings is 1. The summed E-state index contributed by atoms with van der Waals surface area (Å²) in [6.07, 6.45) is 0. The monoisotopic (exact) mass is 325 g/mol. The average Bonchev–Trinajstić information content (AvgIpc) is 2.36. The second kappa shape index (κ2) is 5.61. The van der Waals surface area contributed by atoms with E-state index in [1.54, 1.807) is 0 Å². The van der Waals surface area contributed by atoms with E-state index in [0.29, 0.717) is 13.1 Å². The quantitative estimate of drug-likeness (QED) is 0.888. The zero-order chi connectivity index (χ0) is 14.0. The number of nitrogens with one attached hydrogen (secondary N) is 1. The van der Waals surface area contributed by atoms with Gasteiger partial charge in [0, 0.05) is 30.1 Å². The van der Waals surface area contributed by atoms with Gasteiger partial charge in [0.1, 0.15) is 0 Å². The molecule has 0 spiro atoms. The Morgan fingerprint density at radius 1 is 1.53 bits per heavy atom. The summed E-state index contributed by atoms with van der Waals surface area (Å²) in [7, 11) is 0. The molecule has 1 heterocycles. The Morgan fingerprint density at radius 3 is 2.89 bits per heavy atom. The van der Waals surface area contributed by atoms with Crippen LogP contribution in [0.15, 0.2) is 28.7 Å². The first-order chi connectivity index (χ1) is 8.96. The molecule has 0 saturated carbocycles. The van der Waals surface area contributed by atoms with Gasteiger partial charge in [0.05, 0.1) is 5.54 Å². The molecule has 19 heavy (non-hydrogen) atoms. The third kappa shape index (κ3) is 2.83. The van der Waals surface area contributed by atoms with Crippen LogP contribution in [0.4, 0.5) is 0 Å². The molecule has 1 atom stereocenters. The van der Waals surface area contributed by atoms with Crippen LogP contribution in [0.2, 0.25) is 0 Å². The van der Waals surface area contributed by atoms with Crippen molar-refractivity contribution in [2.24, 2.45) is 5.73 Å². The number of carbonyl (C=O) groups is 1. The smallest absolute Gasteiger partial charge is 0.240 e. The van der Waals surface area contributed by atoms with Crippen molar-refractivity contribution >= 4 is 21.8 Å². The molecule has 1 aromatic carbocycles. The Balaban J connectivity index is 2.33. The van der Waals surface area contributed by atoms with Gasteiger partial charge in [-0.1, -0.05) is 28.1 Å². The summed E-state index contributed by atoms with van der Waals surface area (Å²) in [5, 5.41) is 2.91. The number of carbonyl (C=O) groups excluding carboxylic acids is 1. The van der Waals surface area contributed by atoms with Crippen LogP contribution in [-0.4, -0.2) is 36.0 Å². The lowest BCUT2D eigenvalue weighted by Gasteiger charge is -2.45. The van der Waals surface area contributed by atoms with Crippen LogP contribution >= 0.6 is 15.9 Å². The number of nitrogens with zero attached hydrogens (tertiary/aromatic N) is 1. The molecule has 0 radical (unpaired) electrons. The highest BCUT2D eigenvalue weighted by molar-refractivity contribution is 9.10. The summed E-state index contributed by atoms with van der Waals surface area (Å²) in [5.74, 6) is 0.0622. The first kappa shape index (κ1) is 14.5. The van der Waals surface area contributed by atoms with Crippen molar-refractivity contribution < 1.29 is 4.79 Å². The minimum atomic E-state index is -0.537. The Hall–Kier alpha value is -0.910. The van der Waals surface area contributed by atoms with E-state index in [1.165, 1.54) is 0 Å². The maximum atomic E-state index is 12.0. The summed E-state index contributed by atoms with van der Waals surface area (Å²) in [6.45, 7) is 5.87. The molecule has 0 aliphatic carbocycles. The van der Waals surface area contributed by atoms with Gasteiger partial charge in [-0.15, -0.1) is 0 Å². The maximum Gasteiger partial charge on any atom is 0.240 e. The van der Waals surface area contributed by atoms with Crippen LogP contribution < -0.4 is 11.1 Å². The third-order valence-electron chi connectivity index (χ3n) is 3.74. The zero-order valence-electron chi connectivity index (χ0n) is 11.3. The van der Waals surface area contributed by atoms with Crippen molar-refractivity contribution in [3.05, 3.63) is 34.3 Å². The van der Waals surface area contributed by atoms with Crippen molar-refractivity contribution in [2.45, 2.75) is 25.4 Å². The van der Waals surface area contributed by atoms with Crippen molar-refractivity contribution in [1.82, 2.24) is 10.2 Å². The Bertz CT molecular complexity index is 476. The van der Waals surface area contributed by atoms with E-state index in [0.717, 1.165) is 16.6 Å². The highest BCUT2D eigenvalue weighted by atomic mass is 79.9. The molecule has 5 heteroatoms. The predicted molar refractivity (Wildman–Crippen MR) is 79.7 cm³/mol. The van der Waals surface area contributed by atoms with Gasteiger partial charge in [-0.25, -0.2) is 0 Å². The number of halogens is 1. The van der Waals surface area contributed by atoms with E-state index in [-0.39, 0.29) is 11.9 Å². The van der Waals surface area contributed by atoms with Gasteiger partial charge in [-0.05, 0) is 31.5 Å². The Labute approximate surface area is 122 Å². The topological polar surface area (TPSA) is 58.4 Å². The number of nitrogens with two attached hydrogens (primary N) is 1. The zero-order valence-corrected chi connectivity index (χ0v) is 12.9. The van der Waals surface area contributed by atoms with E-state index < -0.39 is 5.54 Å². The summed E-state index contributed by atoms with van der Waals surface area (Å²) >= 11 is 3.49. The molecule has 1 amide bonds. The van der Waals surface area contributed by atoms with Gasteiger partial charge in [-0.2, -0.15) is 0 Å². The van der Waals surface area contributed by atoms with Gasteiger partial charge in [0.15, 0.2) is 0 Å². The molecule has 1 aliphatic heterocycles. The molecule has 4 nitrogen and oxygen atoms in total. The number of amides is 1. The molecule has 1 aliphatic rings. The van der Waals surface area contributed by atoms with Crippen LogP contribution in [0, 0.1) is 0 Å². The molecule has 104 valence electrons. The van der Waals surface area contributed by atoms with Crippen molar-refractivity contribution in [3.8, 4) is 0 Å². The average molecular weight is 326 g/mol. The van der Waals surface area contributed by atoms with Crippen LogP contribution in [-0.2, 0) is 4.79 Å². The van der Waals surface area contributed by atoms with Crippen LogP contribution in [0.25, 0.3) is 0 Å². The lowest BCUT2D eigenvalue weighted by Crippen LogP contribution is -2.63. The highest BCUT2D eigenvalue weighted by Gasteiger charge is 2.41. The molecule has 1 saturated heterocycles. The Kier molecular flexibility index (Phi) is 4.28. The fraction of sp³-hybridized carbons (Fsp3) is 0.500. The van der Waals surface area contributed by atoms with E-state index in [4.69, 9.17) is 5.73 Å². The van der Waals surface area contributed by atoms with Gasteiger partial charge in [0.25, 0.3) is 0 Å². The standard InChI is InChI=1S/C14H20BrN3O/c1-14(2)13(19)17-6-7-18(14)12(9-16)10-4-3-5-11(15)8-10/h3-5,8,12H,6-7,9,16H2,1-2H3,(H,17,19). The minimum absolute atomic E-state index is 0.0542. The number of piperazine rings is 1. The van der Waals surface area contributed by atoms with E-state index in [9.17, 15) is 4.79 Å². The SMILES string of the molecule is CC1(C)C(=O)NCCN1C(CN)c1cccc(Br)c1. The molecular weight excluding hydrogens is 306 g/mol. The van der Waals surface area contributed by atoms with Crippen LogP contribution in [0.5, 0.6) is 0 Å². The Morgan fingerprint density at radius 2 is 2.26 bits per heavy atom. The van der Waals surface area contributed by atoms with Crippen LogP contribution in [0.1, 0.15) is 25.5 Å². The summed E-state index contributed by atoms with van der Waals surface area (Å²) in [5.41, 5.74) is 6.57. The second-order valence-corrected chi connectivity index (χ2v) is 6.23. The summed E-state index contributed by atoms with van der Waals surface area (Å²) < 4.78 is 1.03. The normalized spacial score (nSPS) is 20.9. The van der Waals surface area contributed by atoms with Gasteiger partial charge in [-0.3, -0.25) is 9.69 Å². The van der Waals surface area contributed by atoms with Gasteiger partial charge >= 0.3 is 0 Å². The molecule has 1 aromatic rings. The highest BCUT2D eigenvalue weighted by Crippen LogP contribution is 2.30. The molecule has 0 aromatic heterocycles. The molecule has 0 bridgehead atoms. The van der Waals surface area contributed by atoms with Crippen molar-refractivity contribution in [2.75, 3.05) is 19.6 Å². The van der Waals surface area contributed by atoms with Crippen LogP contribution in [0.3, 0.4) is 0 Å². The first-order valence-electron chi connectivity index (χ1n) is 6.47. The third-order valence-corrected chi connectivity index (χ3v) is 4.24. The molecule has 2 rings (SSSR count). The minimum Gasteiger partial charge on any atom is -0.353 e. The number of rotatable bonds is 3. The summed E-state index contributed by atoms with van der Waals surface area (Å²) in [6, 6.07) is 8.17. The molecule has 3 N–H and O–H groups in total. The molecule has 1 unspecified atom stereocenters. The second-order valence-electron chi connectivity index (χ2n) is 5.31. The fourth-order valence-corrected chi connectivity index (χ4v) is 3.04. The number of hydrogen-bond acceptors (Lipinski definition) is 3. The van der Waals surface area contributed by atoms with Crippen molar-refractivity contribution in [1.29, 1.82) is 0 Å². The van der Waals surface area contributed by atoms with E-state index in [1.807, 2.05) is 26.0 Å². The van der Waals surface area contributed by atoms with E-state index in [2.05, 4.69) is 38.3 Å². The number of hydrogen-bond donors (Lipinski definition) is 2. The maximum absolute atomic E-state index is 12.0. The lowest BCUT2D eigenvalue weighted by atomic mass is 9.93.